The molecule has 2 rings (SSSR count). The molecule has 1 N–H and O–H groups in total. The van der Waals surface area contributed by atoms with E-state index in [-0.39, 0.29) is 11.7 Å². The third kappa shape index (κ3) is 3.88. The number of ether oxygens (including phenoxy) is 1. The summed E-state index contributed by atoms with van der Waals surface area (Å²) in [6.45, 7) is 8.77. The van der Waals surface area contributed by atoms with Gasteiger partial charge in [-0.1, -0.05) is 13.8 Å². The summed E-state index contributed by atoms with van der Waals surface area (Å²) in [4.78, 5) is 16.7. The molecule has 1 aromatic carbocycles. The van der Waals surface area contributed by atoms with Crippen LogP contribution in [-0.4, -0.2) is 60.6 Å². The third-order valence-electron chi connectivity index (χ3n) is 3.71. The quantitative estimate of drug-likeness (QED) is 0.919. The van der Waals surface area contributed by atoms with Crippen LogP contribution in [0.15, 0.2) is 18.2 Å². The highest BCUT2D eigenvalue weighted by molar-refractivity contribution is 5.95. The Kier molecular flexibility index (Phi) is 5.07. The number of hydrogen-bond acceptors (Lipinski definition) is 4. The number of aromatic hydroxyl groups is 1. The Morgan fingerprint density at radius 2 is 1.95 bits per heavy atom. The molecule has 0 aromatic heterocycles. The van der Waals surface area contributed by atoms with Gasteiger partial charge in [0.05, 0.1) is 7.11 Å². The van der Waals surface area contributed by atoms with E-state index in [1.165, 1.54) is 13.2 Å². The number of phenols is 1. The molecule has 1 aromatic rings. The van der Waals surface area contributed by atoms with Crippen LogP contribution in [0.4, 0.5) is 0 Å². The fourth-order valence-electron chi connectivity index (χ4n) is 2.66. The molecule has 21 heavy (non-hydrogen) atoms. The molecule has 1 aliphatic heterocycles. The van der Waals surface area contributed by atoms with Gasteiger partial charge in [0.2, 0.25) is 0 Å². The van der Waals surface area contributed by atoms with E-state index in [9.17, 15) is 9.90 Å². The minimum absolute atomic E-state index is 0.00166. The van der Waals surface area contributed by atoms with Gasteiger partial charge in [0.25, 0.3) is 5.91 Å². The van der Waals surface area contributed by atoms with Gasteiger partial charge in [-0.3, -0.25) is 9.69 Å². The summed E-state index contributed by atoms with van der Waals surface area (Å²) in [7, 11) is 1.49. The molecule has 0 saturated carbocycles. The molecular weight excluding hydrogens is 268 g/mol. The Bertz CT molecular complexity index is 494. The van der Waals surface area contributed by atoms with Crippen LogP contribution in [0.2, 0.25) is 0 Å². The van der Waals surface area contributed by atoms with Crippen molar-refractivity contribution in [2.24, 2.45) is 5.92 Å². The molecule has 0 unspecified atom stereocenters. The maximum Gasteiger partial charge on any atom is 0.254 e. The van der Waals surface area contributed by atoms with E-state index < -0.39 is 0 Å². The van der Waals surface area contributed by atoms with E-state index in [4.69, 9.17) is 4.74 Å². The lowest BCUT2D eigenvalue weighted by Gasteiger charge is -2.35. The van der Waals surface area contributed by atoms with Crippen LogP contribution in [-0.2, 0) is 0 Å². The summed E-state index contributed by atoms with van der Waals surface area (Å²) in [5.74, 6) is 0.998. The van der Waals surface area contributed by atoms with Gasteiger partial charge < -0.3 is 14.7 Å². The first kappa shape index (κ1) is 15.6. The number of carbonyl (C=O) groups excluding carboxylic acids is 1. The maximum atomic E-state index is 12.4. The molecular formula is C16H24N2O3. The zero-order chi connectivity index (χ0) is 15.4. The Morgan fingerprint density at radius 3 is 2.48 bits per heavy atom. The molecule has 116 valence electrons. The Hall–Kier alpha value is -1.75. The van der Waals surface area contributed by atoms with Crippen molar-refractivity contribution in [2.75, 3.05) is 39.8 Å². The number of hydrogen-bond donors (Lipinski definition) is 1. The first-order valence-corrected chi connectivity index (χ1v) is 7.40. The van der Waals surface area contributed by atoms with Crippen LogP contribution in [0.3, 0.4) is 0 Å². The lowest BCUT2D eigenvalue weighted by atomic mass is 10.1. The van der Waals surface area contributed by atoms with Crippen LogP contribution in [0, 0.1) is 5.92 Å². The number of piperazine rings is 1. The minimum atomic E-state index is -0.0304. The Balaban J connectivity index is 1.97. The number of carbonyl (C=O) groups is 1. The predicted molar refractivity (Wildman–Crippen MR) is 81.8 cm³/mol. The highest BCUT2D eigenvalue weighted by Gasteiger charge is 2.23. The molecule has 5 heteroatoms. The smallest absolute Gasteiger partial charge is 0.254 e. The number of methoxy groups -OCH3 is 1. The Morgan fingerprint density at radius 1 is 1.29 bits per heavy atom. The van der Waals surface area contributed by atoms with Gasteiger partial charge in [0.1, 0.15) is 0 Å². The van der Waals surface area contributed by atoms with Crippen molar-refractivity contribution in [1.82, 2.24) is 9.80 Å². The van der Waals surface area contributed by atoms with Gasteiger partial charge in [-0.25, -0.2) is 0 Å². The number of nitrogens with zero attached hydrogens (tertiary/aromatic N) is 2. The highest BCUT2D eigenvalue weighted by atomic mass is 16.5. The summed E-state index contributed by atoms with van der Waals surface area (Å²) < 4.78 is 4.99. The SMILES string of the molecule is COc1ccc(C(=O)N2CCN(CC(C)C)CC2)cc1O. The zero-order valence-corrected chi connectivity index (χ0v) is 13.0. The molecule has 1 aliphatic rings. The number of rotatable bonds is 4. The number of amides is 1. The monoisotopic (exact) mass is 292 g/mol. The van der Waals surface area contributed by atoms with E-state index in [1.54, 1.807) is 12.1 Å². The fraction of sp³-hybridized carbons (Fsp3) is 0.562. The lowest BCUT2D eigenvalue weighted by molar-refractivity contribution is 0.0623. The molecule has 1 amide bonds. The van der Waals surface area contributed by atoms with Crippen molar-refractivity contribution in [3.63, 3.8) is 0 Å². The normalized spacial score (nSPS) is 16.3. The Labute approximate surface area is 126 Å². The molecule has 0 radical (unpaired) electrons. The fourth-order valence-corrected chi connectivity index (χ4v) is 2.66. The molecule has 1 heterocycles. The van der Waals surface area contributed by atoms with Gasteiger partial charge in [-0.05, 0) is 24.1 Å². The molecule has 1 saturated heterocycles. The average molecular weight is 292 g/mol. The van der Waals surface area contributed by atoms with Crippen LogP contribution < -0.4 is 4.74 Å². The van der Waals surface area contributed by atoms with E-state index in [2.05, 4.69) is 18.7 Å². The van der Waals surface area contributed by atoms with E-state index >= 15 is 0 Å². The summed E-state index contributed by atoms with van der Waals surface area (Å²) in [5, 5.41) is 9.78. The van der Waals surface area contributed by atoms with Crippen molar-refractivity contribution in [3.8, 4) is 11.5 Å². The summed E-state index contributed by atoms with van der Waals surface area (Å²) in [6, 6.07) is 4.79. The van der Waals surface area contributed by atoms with Gasteiger partial charge >= 0.3 is 0 Å². The van der Waals surface area contributed by atoms with Crippen LogP contribution in [0.25, 0.3) is 0 Å². The van der Waals surface area contributed by atoms with Gasteiger partial charge in [-0.2, -0.15) is 0 Å². The molecule has 0 atom stereocenters. The lowest BCUT2D eigenvalue weighted by Crippen LogP contribution is -2.49. The third-order valence-corrected chi connectivity index (χ3v) is 3.71. The van der Waals surface area contributed by atoms with Gasteiger partial charge in [-0.15, -0.1) is 0 Å². The van der Waals surface area contributed by atoms with E-state index in [0.717, 1.165) is 32.7 Å². The van der Waals surface area contributed by atoms with E-state index in [1.807, 2.05) is 4.90 Å². The molecule has 0 aliphatic carbocycles. The minimum Gasteiger partial charge on any atom is -0.504 e. The molecule has 0 bridgehead atoms. The first-order valence-electron chi connectivity index (χ1n) is 7.40. The highest BCUT2D eigenvalue weighted by Crippen LogP contribution is 2.26. The summed E-state index contributed by atoms with van der Waals surface area (Å²) >= 11 is 0. The number of phenolic OH excluding ortho intramolecular Hbond substituents is 1. The van der Waals surface area contributed by atoms with Crippen molar-refractivity contribution in [2.45, 2.75) is 13.8 Å². The van der Waals surface area contributed by atoms with Crippen molar-refractivity contribution >= 4 is 5.91 Å². The van der Waals surface area contributed by atoms with Gasteiger partial charge in [0, 0.05) is 38.3 Å². The van der Waals surface area contributed by atoms with Crippen LogP contribution in [0.5, 0.6) is 11.5 Å². The second kappa shape index (κ2) is 6.80. The van der Waals surface area contributed by atoms with Crippen LogP contribution >= 0.6 is 0 Å². The molecule has 0 spiro atoms. The summed E-state index contributed by atoms with van der Waals surface area (Å²) in [6.07, 6.45) is 0. The standard InChI is InChI=1S/C16H24N2O3/c1-12(2)11-17-6-8-18(9-7-17)16(20)13-4-5-15(21-3)14(19)10-13/h4-5,10,12,19H,6-9,11H2,1-3H3. The molecule has 5 nitrogen and oxygen atoms in total. The topological polar surface area (TPSA) is 53.0 Å². The average Bonchev–Trinajstić information content (AvgIpc) is 2.46. The maximum absolute atomic E-state index is 12.4. The van der Waals surface area contributed by atoms with Crippen molar-refractivity contribution < 1.29 is 14.6 Å². The molecule has 1 fully saturated rings. The zero-order valence-electron chi connectivity index (χ0n) is 13.0. The first-order chi connectivity index (χ1) is 10.0. The largest absolute Gasteiger partial charge is 0.504 e. The second-order valence-electron chi connectivity index (χ2n) is 5.87. The predicted octanol–water partition coefficient (Wildman–Crippen LogP) is 1.81. The van der Waals surface area contributed by atoms with Gasteiger partial charge in [0.15, 0.2) is 11.5 Å². The van der Waals surface area contributed by atoms with Crippen LogP contribution in [0.1, 0.15) is 24.2 Å². The second-order valence-corrected chi connectivity index (χ2v) is 5.87. The number of benzene rings is 1. The van der Waals surface area contributed by atoms with Crippen molar-refractivity contribution in [3.05, 3.63) is 23.8 Å². The summed E-state index contributed by atoms with van der Waals surface area (Å²) in [5.41, 5.74) is 0.505. The van der Waals surface area contributed by atoms with E-state index in [0.29, 0.717) is 17.2 Å². The van der Waals surface area contributed by atoms with Crippen molar-refractivity contribution in [1.29, 1.82) is 0 Å².